The third kappa shape index (κ3) is 1.52. The molecule has 11 heavy (non-hydrogen) atoms. The number of carbonyl (C=O) groups excluding carboxylic acids is 1. The summed E-state index contributed by atoms with van der Waals surface area (Å²) in [5.74, 6) is 0.708. The highest BCUT2D eigenvalue weighted by Crippen LogP contribution is 2.40. The van der Waals surface area contributed by atoms with Crippen LogP contribution in [0.25, 0.3) is 0 Å². The first-order valence-corrected chi connectivity index (χ1v) is 4.21. The fourth-order valence-electron chi connectivity index (χ4n) is 1.93. The van der Waals surface area contributed by atoms with Crippen LogP contribution in [0.1, 0.15) is 27.2 Å². The number of rotatable bonds is 2. The molecule has 2 atom stereocenters. The lowest BCUT2D eigenvalue weighted by molar-refractivity contribution is -0.112. The van der Waals surface area contributed by atoms with E-state index in [1.807, 2.05) is 6.92 Å². The van der Waals surface area contributed by atoms with Crippen LogP contribution in [0, 0.1) is 17.3 Å². The molecule has 1 nitrogen and oxygen atoms in total. The van der Waals surface area contributed by atoms with Gasteiger partial charge in [0, 0.05) is 5.92 Å². The third-order valence-corrected chi connectivity index (χ3v) is 2.74. The van der Waals surface area contributed by atoms with Crippen molar-refractivity contribution in [3.63, 3.8) is 0 Å². The second kappa shape index (κ2) is 2.80. The van der Waals surface area contributed by atoms with Gasteiger partial charge in [0.05, 0.1) is 0 Å². The zero-order valence-electron chi connectivity index (χ0n) is 7.50. The van der Waals surface area contributed by atoms with Crippen LogP contribution in [0.15, 0.2) is 12.2 Å². The maximum absolute atomic E-state index is 10.6. The van der Waals surface area contributed by atoms with Gasteiger partial charge in [-0.25, -0.2) is 0 Å². The molecule has 1 aliphatic carbocycles. The second-order valence-corrected chi connectivity index (χ2v) is 4.06. The Kier molecular flexibility index (Phi) is 2.17. The fraction of sp³-hybridized carbons (Fsp3) is 0.700. The van der Waals surface area contributed by atoms with Gasteiger partial charge in [0.1, 0.15) is 6.29 Å². The van der Waals surface area contributed by atoms with Crippen molar-refractivity contribution in [1.29, 1.82) is 0 Å². The van der Waals surface area contributed by atoms with E-state index in [9.17, 15) is 4.79 Å². The number of carbonyl (C=O) groups is 1. The van der Waals surface area contributed by atoms with E-state index in [0.29, 0.717) is 5.92 Å². The van der Waals surface area contributed by atoms with Gasteiger partial charge < -0.3 is 4.79 Å². The summed E-state index contributed by atoms with van der Waals surface area (Å²) < 4.78 is 0. The summed E-state index contributed by atoms with van der Waals surface area (Å²) in [6.45, 7) is 6.40. The van der Waals surface area contributed by atoms with Gasteiger partial charge in [0.2, 0.25) is 0 Å². The van der Waals surface area contributed by atoms with E-state index in [0.717, 1.165) is 12.7 Å². The van der Waals surface area contributed by atoms with Crippen LogP contribution in [0.2, 0.25) is 0 Å². The zero-order chi connectivity index (χ0) is 8.48. The molecule has 0 aromatic heterocycles. The molecular formula is C10H16O. The summed E-state index contributed by atoms with van der Waals surface area (Å²) in [6.07, 6.45) is 6.54. The first-order chi connectivity index (χ1) is 5.08. The molecule has 0 aromatic rings. The molecule has 0 radical (unpaired) electrons. The maximum Gasteiger partial charge on any atom is 0.123 e. The van der Waals surface area contributed by atoms with Crippen molar-refractivity contribution in [3.05, 3.63) is 12.2 Å². The van der Waals surface area contributed by atoms with Gasteiger partial charge in [-0.15, -0.1) is 0 Å². The maximum atomic E-state index is 10.6. The van der Waals surface area contributed by atoms with Crippen molar-refractivity contribution in [1.82, 2.24) is 0 Å². The first-order valence-electron chi connectivity index (χ1n) is 4.21. The highest BCUT2D eigenvalue weighted by atomic mass is 16.1. The Morgan fingerprint density at radius 2 is 2.27 bits per heavy atom. The van der Waals surface area contributed by atoms with Crippen LogP contribution in [0.4, 0.5) is 0 Å². The van der Waals surface area contributed by atoms with Gasteiger partial charge in [-0.2, -0.15) is 0 Å². The molecule has 1 aliphatic rings. The minimum absolute atomic E-state index is 0.194. The summed E-state index contributed by atoms with van der Waals surface area (Å²) in [7, 11) is 0. The highest BCUT2D eigenvalue weighted by molar-refractivity contribution is 5.54. The van der Waals surface area contributed by atoms with Crippen LogP contribution >= 0.6 is 0 Å². The van der Waals surface area contributed by atoms with Crippen molar-refractivity contribution >= 4 is 6.29 Å². The average Bonchev–Trinajstić information content (AvgIpc) is 2.28. The number of hydrogen-bond donors (Lipinski definition) is 0. The van der Waals surface area contributed by atoms with Crippen LogP contribution in [-0.2, 0) is 4.79 Å². The molecular weight excluding hydrogens is 136 g/mol. The molecule has 62 valence electrons. The Labute approximate surface area is 68.5 Å². The average molecular weight is 152 g/mol. The van der Waals surface area contributed by atoms with E-state index >= 15 is 0 Å². The molecule has 0 aromatic carbocycles. The number of hydrogen-bond acceptors (Lipinski definition) is 1. The molecule has 0 amide bonds. The molecule has 0 heterocycles. The summed E-state index contributed by atoms with van der Waals surface area (Å²) >= 11 is 0. The van der Waals surface area contributed by atoms with E-state index in [1.54, 1.807) is 0 Å². The van der Waals surface area contributed by atoms with Crippen LogP contribution in [-0.4, -0.2) is 6.29 Å². The lowest BCUT2D eigenvalue weighted by Crippen LogP contribution is -2.24. The predicted octanol–water partition coefficient (Wildman–Crippen LogP) is 2.42. The van der Waals surface area contributed by atoms with Gasteiger partial charge in [0.15, 0.2) is 0 Å². The second-order valence-electron chi connectivity index (χ2n) is 4.06. The molecule has 0 saturated heterocycles. The van der Waals surface area contributed by atoms with Crippen molar-refractivity contribution < 1.29 is 4.79 Å². The van der Waals surface area contributed by atoms with Crippen molar-refractivity contribution in [3.8, 4) is 0 Å². The normalized spacial score (nSPS) is 30.3. The zero-order valence-corrected chi connectivity index (χ0v) is 7.50. The fourth-order valence-corrected chi connectivity index (χ4v) is 1.93. The van der Waals surface area contributed by atoms with Crippen LogP contribution in [0.3, 0.4) is 0 Å². The largest absolute Gasteiger partial charge is 0.303 e. The van der Waals surface area contributed by atoms with E-state index < -0.39 is 0 Å². The number of allylic oxidation sites excluding steroid dienone is 2. The molecule has 0 fully saturated rings. The number of aldehydes is 1. The summed E-state index contributed by atoms with van der Waals surface area (Å²) in [6, 6.07) is 0. The van der Waals surface area contributed by atoms with Gasteiger partial charge in [-0.1, -0.05) is 32.9 Å². The Balaban J connectivity index is 2.69. The summed E-state index contributed by atoms with van der Waals surface area (Å²) in [4.78, 5) is 10.6. The Morgan fingerprint density at radius 1 is 1.64 bits per heavy atom. The molecule has 1 heteroatoms. The monoisotopic (exact) mass is 152 g/mol. The SMILES string of the molecule is C[C@@H](C=O)[C@H]1CC=CC1(C)C. The molecule has 0 N–H and O–H groups in total. The van der Waals surface area contributed by atoms with E-state index in [4.69, 9.17) is 0 Å². The van der Waals surface area contributed by atoms with Crippen molar-refractivity contribution in [2.75, 3.05) is 0 Å². The van der Waals surface area contributed by atoms with Crippen LogP contribution < -0.4 is 0 Å². The molecule has 0 saturated carbocycles. The molecule has 1 rings (SSSR count). The lowest BCUT2D eigenvalue weighted by Gasteiger charge is -2.28. The first kappa shape index (κ1) is 8.51. The quantitative estimate of drug-likeness (QED) is 0.438. The van der Waals surface area contributed by atoms with Gasteiger partial charge in [-0.3, -0.25) is 0 Å². The Morgan fingerprint density at radius 3 is 2.64 bits per heavy atom. The van der Waals surface area contributed by atoms with Gasteiger partial charge in [0.25, 0.3) is 0 Å². The molecule has 0 unspecified atom stereocenters. The third-order valence-electron chi connectivity index (χ3n) is 2.74. The molecule has 0 aliphatic heterocycles. The van der Waals surface area contributed by atoms with Gasteiger partial charge >= 0.3 is 0 Å². The smallest absolute Gasteiger partial charge is 0.123 e. The molecule has 0 bridgehead atoms. The lowest BCUT2D eigenvalue weighted by atomic mass is 9.75. The van der Waals surface area contributed by atoms with E-state index in [1.165, 1.54) is 0 Å². The van der Waals surface area contributed by atoms with E-state index in [2.05, 4.69) is 26.0 Å². The standard InChI is InChI=1S/C10H16O/c1-8(7-11)9-5-4-6-10(9,2)3/h4,6-9H,5H2,1-3H3/t8-,9+/m0/s1. The van der Waals surface area contributed by atoms with Crippen LogP contribution in [0.5, 0.6) is 0 Å². The minimum Gasteiger partial charge on any atom is -0.303 e. The highest BCUT2D eigenvalue weighted by Gasteiger charge is 2.33. The summed E-state index contributed by atoms with van der Waals surface area (Å²) in [5, 5.41) is 0. The molecule has 0 spiro atoms. The van der Waals surface area contributed by atoms with Gasteiger partial charge in [-0.05, 0) is 17.8 Å². The van der Waals surface area contributed by atoms with Crippen molar-refractivity contribution in [2.24, 2.45) is 17.3 Å². The Bertz CT molecular complexity index is 179. The Hall–Kier alpha value is -0.590. The topological polar surface area (TPSA) is 17.1 Å². The van der Waals surface area contributed by atoms with Crippen molar-refractivity contribution in [2.45, 2.75) is 27.2 Å². The van der Waals surface area contributed by atoms with E-state index in [-0.39, 0.29) is 11.3 Å². The summed E-state index contributed by atoms with van der Waals surface area (Å²) in [5.41, 5.74) is 0.223. The predicted molar refractivity (Wildman–Crippen MR) is 46.3 cm³/mol. The minimum atomic E-state index is 0.194.